The summed E-state index contributed by atoms with van der Waals surface area (Å²) in [5, 5.41) is 11.8. The minimum absolute atomic E-state index is 0.128. The molecule has 140 valence electrons. The molecular weight excluding hydrogens is 366 g/mol. The molecule has 8 nitrogen and oxygen atoms in total. The number of carbonyl (C=O) groups excluding carboxylic acids is 1. The molecule has 1 aromatic heterocycles. The zero-order valence-electron chi connectivity index (χ0n) is 14.3. The van der Waals surface area contributed by atoms with E-state index in [1.54, 1.807) is 12.4 Å². The maximum atomic E-state index is 12.4. The molecule has 3 aromatic rings. The zero-order chi connectivity index (χ0) is 19.1. The van der Waals surface area contributed by atoms with E-state index in [0.717, 1.165) is 11.1 Å². The molecule has 0 saturated heterocycles. The Morgan fingerprint density at radius 2 is 1.70 bits per heavy atom. The van der Waals surface area contributed by atoms with Gasteiger partial charge in [0.2, 0.25) is 10.0 Å². The van der Waals surface area contributed by atoms with Crippen molar-refractivity contribution in [2.24, 2.45) is 0 Å². The Morgan fingerprint density at radius 1 is 0.963 bits per heavy atom. The van der Waals surface area contributed by atoms with Gasteiger partial charge in [-0.05, 0) is 29.8 Å². The van der Waals surface area contributed by atoms with Gasteiger partial charge >= 0.3 is 6.03 Å². The first-order chi connectivity index (χ1) is 13.0. The molecule has 0 aliphatic rings. The molecule has 0 bridgehead atoms. The number of aromatic nitrogens is 2. The number of nitrogens with one attached hydrogen (secondary N) is 4. The van der Waals surface area contributed by atoms with Crippen LogP contribution in [0.1, 0.15) is 11.1 Å². The van der Waals surface area contributed by atoms with E-state index in [0.29, 0.717) is 12.2 Å². The topological polar surface area (TPSA) is 116 Å². The van der Waals surface area contributed by atoms with Gasteiger partial charge in [0, 0.05) is 30.5 Å². The van der Waals surface area contributed by atoms with Crippen LogP contribution in [0.4, 0.5) is 10.5 Å². The fourth-order valence-corrected chi connectivity index (χ4v) is 3.32. The van der Waals surface area contributed by atoms with Gasteiger partial charge in [0.15, 0.2) is 0 Å². The van der Waals surface area contributed by atoms with Crippen LogP contribution in [0, 0.1) is 0 Å². The van der Waals surface area contributed by atoms with Crippen molar-refractivity contribution in [1.82, 2.24) is 20.2 Å². The molecule has 0 fully saturated rings. The van der Waals surface area contributed by atoms with Gasteiger partial charge in [-0.15, -0.1) is 0 Å². The van der Waals surface area contributed by atoms with Crippen molar-refractivity contribution in [2.45, 2.75) is 18.0 Å². The largest absolute Gasteiger partial charge is 0.334 e. The molecule has 0 aliphatic carbocycles. The average Bonchev–Trinajstić information content (AvgIpc) is 3.20. The number of rotatable bonds is 7. The minimum Gasteiger partial charge on any atom is -0.334 e. The first-order valence-electron chi connectivity index (χ1n) is 8.19. The highest BCUT2D eigenvalue weighted by molar-refractivity contribution is 7.89. The van der Waals surface area contributed by atoms with E-state index in [9.17, 15) is 13.2 Å². The Labute approximate surface area is 157 Å². The number of aromatic amines is 1. The Kier molecular flexibility index (Phi) is 5.84. The molecule has 0 aliphatic heterocycles. The second-order valence-electron chi connectivity index (χ2n) is 5.75. The number of amides is 2. The van der Waals surface area contributed by atoms with Crippen LogP contribution in [-0.2, 0) is 23.1 Å². The normalized spacial score (nSPS) is 11.1. The molecule has 3 rings (SSSR count). The van der Waals surface area contributed by atoms with Crippen LogP contribution in [0.3, 0.4) is 0 Å². The number of anilines is 1. The fourth-order valence-electron chi connectivity index (χ4n) is 2.31. The lowest BCUT2D eigenvalue weighted by Crippen LogP contribution is -2.28. The quantitative estimate of drug-likeness (QED) is 0.499. The van der Waals surface area contributed by atoms with Gasteiger partial charge in [-0.2, -0.15) is 5.10 Å². The summed E-state index contributed by atoms with van der Waals surface area (Å²) in [4.78, 5) is 12.0. The molecule has 0 atom stereocenters. The van der Waals surface area contributed by atoms with Crippen molar-refractivity contribution in [2.75, 3.05) is 5.32 Å². The van der Waals surface area contributed by atoms with Gasteiger partial charge in [0.05, 0.1) is 11.1 Å². The van der Waals surface area contributed by atoms with Crippen molar-refractivity contribution in [1.29, 1.82) is 0 Å². The summed E-state index contributed by atoms with van der Waals surface area (Å²) in [6.45, 7) is 0.539. The van der Waals surface area contributed by atoms with Gasteiger partial charge in [-0.25, -0.2) is 17.9 Å². The number of hydrogen-bond acceptors (Lipinski definition) is 4. The molecule has 1 heterocycles. The van der Waals surface area contributed by atoms with E-state index in [2.05, 4.69) is 25.6 Å². The maximum Gasteiger partial charge on any atom is 0.319 e. The van der Waals surface area contributed by atoms with Crippen molar-refractivity contribution >= 4 is 21.7 Å². The second-order valence-corrected chi connectivity index (χ2v) is 7.52. The highest BCUT2D eigenvalue weighted by Crippen LogP contribution is 2.14. The van der Waals surface area contributed by atoms with E-state index in [4.69, 9.17) is 0 Å². The van der Waals surface area contributed by atoms with Crippen molar-refractivity contribution in [3.8, 4) is 0 Å². The van der Waals surface area contributed by atoms with Crippen LogP contribution >= 0.6 is 0 Å². The van der Waals surface area contributed by atoms with Gasteiger partial charge in [0.1, 0.15) is 0 Å². The summed E-state index contributed by atoms with van der Waals surface area (Å²) < 4.78 is 27.3. The third-order valence-electron chi connectivity index (χ3n) is 3.74. The monoisotopic (exact) mass is 385 g/mol. The molecule has 2 aromatic carbocycles. The SMILES string of the molecule is O=C(NCc1cn[nH]c1)Nc1ccc(S(=O)(=O)NCc2ccccc2)cc1. The van der Waals surface area contributed by atoms with E-state index < -0.39 is 16.1 Å². The fraction of sp³-hybridized carbons (Fsp3) is 0.111. The smallest absolute Gasteiger partial charge is 0.319 e. The lowest BCUT2D eigenvalue weighted by atomic mass is 10.2. The number of carbonyl (C=O) groups is 1. The van der Waals surface area contributed by atoms with Crippen molar-refractivity contribution in [3.05, 3.63) is 78.1 Å². The third-order valence-corrected chi connectivity index (χ3v) is 5.16. The highest BCUT2D eigenvalue weighted by Gasteiger charge is 2.13. The van der Waals surface area contributed by atoms with Gasteiger partial charge in [-0.3, -0.25) is 5.10 Å². The standard InChI is InChI=1S/C18H19N5O3S/c24-18(19-10-15-11-20-21-12-15)23-16-6-8-17(9-7-16)27(25,26)22-13-14-4-2-1-3-5-14/h1-9,11-12,22H,10,13H2,(H,20,21)(H2,19,23,24). The van der Waals surface area contributed by atoms with Crippen LogP contribution in [0.25, 0.3) is 0 Å². The molecule has 4 N–H and O–H groups in total. The minimum atomic E-state index is -3.63. The van der Waals surface area contributed by atoms with Crippen LogP contribution in [0.15, 0.2) is 71.9 Å². The number of benzene rings is 2. The number of sulfonamides is 1. The van der Waals surface area contributed by atoms with Crippen LogP contribution in [-0.4, -0.2) is 24.6 Å². The summed E-state index contributed by atoms with van der Waals surface area (Å²) in [5.41, 5.74) is 2.20. The third kappa shape index (κ3) is 5.40. The summed E-state index contributed by atoms with van der Waals surface area (Å²) in [5.74, 6) is 0. The average molecular weight is 385 g/mol. The highest BCUT2D eigenvalue weighted by atomic mass is 32.2. The van der Waals surface area contributed by atoms with Crippen LogP contribution < -0.4 is 15.4 Å². The Bertz CT molecular complexity index is 972. The lowest BCUT2D eigenvalue weighted by Gasteiger charge is -2.09. The number of hydrogen-bond donors (Lipinski definition) is 4. The lowest BCUT2D eigenvalue weighted by molar-refractivity contribution is 0.251. The van der Waals surface area contributed by atoms with Crippen molar-refractivity contribution < 1.29 is 13.2 Å². The van der Waals surface area contributed by atoms with Gasteiger partial charge in [-0.1, -0.05) is 30.3 Å². The van der Waals surface area contributed by atoms with E-state index in [1.165, 1.54) is 24.3 Å². The number of nitrogens with zero attached hydrogens (tertiary/aromatic N) is 1. The number of urea groups is 1. The first-order valence-corrected chi connectivity index (χ1v) is 9.67. The molecule has 0 unspecified atom stereocenters. The summed E-state index contributed by atoms with van der Waals surface area (Å²) in [6, 6.07) is 14.8. The Hall–Kier alpha value is -3.17. The van der Waals surface area contributed by atoms with E-state index >= 15 is 0 Å². The molecule has 0 radical (unpaired) electrons. The van der Waals surface area contributed by atoms with Crippen molar-refractivity contribution in [3.63, 3.8) is 0 Å². The molecule has 0 saturated carbocycles. The second kappa shape index (κ2) is 8.47. The van der Waals surface area contributed by atoms with Crippen LogP contribution in [0.5, 0.6) is 0 Å². The zero-order valence-corrected chi connectivity index (χ0v) is 15.2. The molecule has 27 heavy (non-hydrogen) atoms. The Balaban J connectivity index is 1.54. The van der Waals surface area contributed by atoms with Crippen LogP contribution in [0.2, 0.25) is 0 Å². The molecule has 9 heteroatoms. The first kappa shape index (κ1) is 18.6. The maximum absolute atomic E-state index is 12.4. The molecular formula is C18H19N5O3S. The predicted octanol–water partition coefficient (Wildman–Crippen LogP) is 2.21. The molecule has 0 spiro atoms. The van der Waals surface area contributed by atoms with E-state index in [1.807, 2.05) is 30.3 Å². The summed E-state index contributed by atoms with van der Waals surface area (Å²) in [6.07, 6.45) is 3.30. The summed E-state index contributed by atoms with van der Waals surface area (Å²) in [7, 11) is -3.63. The number of H-pyrrole nitrogens is 1. The predicted molar refractivity (Wildman–Crippen MR) is 101 cm³/mol. The molecule has 2 amide bonds. The summed E-state index contributed by atoms with van der Waals surface area (Å²) >= 11 is 0. The Morgan fingerprint density at radius 3 is 2.37 bits per heavy atom. The van der Waals surface area contributed by atoms with Gasteiger partial charge < -0.3 is 10.6 Å². The van der Waals surface area contributed by atoms with E-state index in [-0.39, 0.29) is 11.4 Å². The van der Waals surface area contributed by atoms with Gasteiger partial charge in [0.25, 0.3) is 0 Å².